The average molecular weight is 273 g/mol. The molecule has 0 saturated heterocycles. The Morgan fingerprint density at radius 3 is 2.70 bits per heavy atom. The molecule has 3 heteroatoms. The van der Waals surface area contributed by atoms with Crippen molar-refractivity contribution in [2.45, 2.75) is 39.3 Å². The molecular formula is C17H23NO2. The van der Waals surface area contributed by atoms with Gasteiger partial charge < -0.3 is 14.5 Å². The highest BCUT2D eigenvalue weighted by Gasteiger charge is 2.06. The van der Waals surface area contributed by atoms with Crippen LogP contribution in [0.4, 0.5) is 0 Å². The summed E-state index contributed by atoms with van der Waals surface area (Å²) in [5.41, 5.74) is 1.30. The van der Waals surface area contributed by atoms with Crippen molar-refractivity contribution in [3.63, 3.8) is 0 Å². The van der Waals surface area contributed by atoms with Gasteiger partial charge in [0.25, 0.3) is 0 Å². The Balaban J connectivity index is 1.79. The number of ether oxygens (including phenoxy) is 1. The van der Waals surface area contributed by atoms with Crippen molar-refractivity contribution >= 4 is 0 Å². The normalized spacial score (nSPS) is 12.6. The molecule has 0 aliphatic carbocycles. The Morgan fingerprint density at radius 2 is 2.00 bits per heavy atom. The van der Waals surface area contributed by atoms with Crippen LogP contribution in [-0.2, 0) is 6.54 Å². The second-order valence-electron chi connectivity index (χ2n) is 5.37. The first-order valence-corrected chi connectivity index (χ1v) is 7.15. The SMILES string of the molecule is CC(CNCc1ccco1)Oc1cccc(C(C)C)c1. The molecule has 20 heavy (non-hydrogen) atoms. The third kappa shape index (κ3) is 4.42. The van der Waals surface area contributed by atoms with Gasteiger partial charge in [-0.1, -0.05) is 26.0 Å². The molecule has 1 aromatic heterocycles. The van der Waals surface area contributed by atoms with Crippen molar-refractivity contribution in [1.82, 2.24) is 5.32 Å². The molecule has 1 unspecified atom stereocenters. The Labute approximate surface area is 121 Å². The second kappa shape index (κ2) is 7.15. The maximum absolute atomic E-state index is 5.93. The summed E-state index contributed by atoms with van der Waals surface area (Å²) in [4.78, 5) is 0. The van der Waals surface area contributed by atoms with Crippen LogP contribution in [0.1, 0.15) is 38.0 Å². The van der Waals surface area contributed by atoms with Crippen LogP contribution in [0.25, 0.3) is 0 Å². The van der Waals surface area contributed by atoms with E-state index in [1.54, 1.807) is 6.26 Å². The molecule has 0 aliphatic heterocycles. The van der Waals surface area contributed by atoms with E-state index in [1.807, 2.05) is 24.3 Å². The summed E-state index contributed by atoms with van der Waals surface area (Å²) in [6, 6.07) is 12.2. The fourth-order valence-corrected chi connectivity index (χ4v) is 2.03. The van der Waals surface area contributed by atoms with Crippen LogP contribution in [0, 0.1) is 0 Å². The van der Waals surface area contributed by atoms with E-state index in [2.05, 4.69) is 38.2 Å². The molecule has 2 aromatic rings. The predicted molar refractivity (Wildman–Crippen MR) is 81.0 cm³/mol. The Kier molecular flexibility index (Phi) is 5.24. The molecule has 2 rings (SSSR count). The van der Waals surface area contributed by atoms with Gasteiger partial charge in [-0.25, -0.2) is 0 Å². The molecule has 0 fully saturated rings. The van der Waals surface area contributed by atoms with Crippen LogP contribution in [0.5, 0.6) is 5.75 Å². The van der Waals surface area contributed by atoms with Crippen molar-refractivity contribution in [3.8, 4) is 5.75 Å². The van der Waals surface area contributed by atoms with Gasteiger partial charge in [-0.2, -0.15) is 0 Å². The van der Waals surface area contributed by atoms with Crippen LogP contribution in [0.3, 0.4) is 0 Å². The minimum Gasteiger partial charge on any atom is -0.489 e. The lowest BCUT2D eigenvalue weighted by molar-refractivity contribution is 0.215. The minimum absolute atomic E-state index is 0.118. The quantitative estimate of drug-likeness (QED) is 0.829. The topological polar surface area (TPSA) is 34.4 Å². The first-order chi connectivity index (χ1) is 9.65. The predicted octanol–water partition coefficient (Wildman–Crippen LogP) is 3.96. The van der Waals surface area contributed by atoms with Crippen molar-refractivity contribution in [2.75, 3.05) is 6.54 Å². The summed E-state index contributed by atoms with van der Waals surface area (Å²) >= 11 is 0. The first kappa shape index (κ1) is 14.7. The smallest absolute Gasteiger partial charge is 0.120 e. The molecule has 0 amide bonds. The summed E-state index contributed by atoms with van der Waals surface area (Å²) in [5.74, 6) is 2.40. The fourth-order valence-electron chi connectivity index (χ4n) is 2.03. The van der Waals surface area contributed by atoms with Gasteiger partial charge in [0.2, 0.25) is 0 Å². The van der Waals surface area contributed by atoms with Crippen molar-refractivity contribution < 1.29 is 9.15 Å². The van der Waals surface area contributed by atoms with E-state index in [0.29, 0.717) is 5.92 Å². The fraction of sp³-hybridized carbons (Fsp3) is 0.412. The molecule has 1 atom stereocenters. The van der Waals surface area contributed by atoms with Crippen LogP contribution in [-0.4, -0.2) is 12.6 Å². The molecule has 108 valence electrons. The van der Waals surface area contributed by atoms with Crippen LogP contribution >= 0.6 is 0 Å². The largest absolute Gasteiger partial charge is 0.489 e. The summed E-state index contributed by atoms with van der Waals surface area (Å²) in [6.45, 7) is 7.96. The summed E-state index contributed by atoms with van der Waals surface area (Å²) in [7, 11) is 0. The van der Waals surface area contributed by atoms with E-state index >= 15 is 0 Å². The van der Waals surface area contributed by atoms with E-state index in [1.165, 1.54) is 5.56 Å². The van der Waals surface area contributed by atoms with Crippen LogP contribution < -0.4 is 10.1 Å². The first-order valence-electron chi connectivity index (χ1n) is 7.15. The zero-order valence-electron chi connectivity index (χ0n) is 12.4. The van der Waals surface area contributed by atoms with Crippen molar-refractivity contribution in [3.05, 3.63) is 54.0 Å². The maximum atomic E-state index is 5.93. The zero-order valence-corrected chi connectivity index (χ0v) is 12.4. The van der Waals surface area contributed by atoms with Crippen LogP contribution in [0.2, 0.25) is 0 Å². The average Bonchev–Trinajstić information content (AvgIpc) is 2.92. The van der Waals surface area contributed by atoms with Crippen molar-refractivity contribution in [2.24, 2.45) is 0 Å². The van der Waals surface area contributed by atoms with Crippen molar-refractivity contribution in [1.29, 1.82) is 0 Å². The highest BCUT2D eigenvalue weighted by Crippen LogP contribution is 2.20. The molecule has 0 spiro atoms. The molecule has 1 N–H and O–H groups in total. The van der Waals surface area contributed by atoms with E-state index in [-0.39, 0.29) is 6.10 Å². The number of benzene rings is 1. The van der Waals surface area contributed by atoms with Gasteiger partial charge in [0.05, 0.1) is 12.8 Å². The number of furan rings is 1. The van der Waals surface area contributed by atoms with Gasteiger partial charge in [-0.05, 0) is 42.7 Å². The monoisotopic (exact) mass is 273 g/mol. The standard InChI is InChI=1S/C17H23NO2/c1-13(2)15-6-4-7-16(10-15)20-14(3)11-18-12-17-8-5-9-19-17/h4-10,13-14,18H,11-12H2,1-3H3. The van der Waals surface area contributed by atoms with E-state index in [0.717, 1.165) is 24.6 Å². The van der Waals surface area contributed by atoms with E-state index in [4.69, 9.17) is 9.15 Å². The second-order valence-corrected chi connectivity index (χ2v) is 5.37. The number of hydrogen-bond acceptors (Lipinski definition) is 3. The van der Waals surface area contributed by atoms with Gasteiger partial charge in [-0.3, -0.25) is 0 Å². The Morgan fingerprint density at radius 1 is 1.15 bits per heavy atom. The van der Waals surface area contributed by atoms with Gasteiger partial charge in [0, 0.05) is 6.54 Å². The lowest BCUT2D eigenvalue weighted by Gasteiger charge is -2.16. The van der Waals surface area contributed by atoms with Gasteiger partial charge in [0.15, 0.2) is 0 Å². The molecule has 0 saturated carbocycles. The lowest BCUT2D eigenvalue weighted by atomic mass is 10.0. The third-order valence-corrected chi connectivity index (χ3v) is 3.17. The highest BCUT2D eigenvalue weighted by molar-refractivity contribution is 5.30. The summed E-state index contributed by atoms with van der Waals surface area (Å²) < 4.78 is 11.2. The summed E-state index contributed by atoms with van der Waals surface area (Å²) in [6.07, 6.45) is 1.81. The van der Waals surface area contributed by atoms with E-state index in [9.17, 15) is 0 Å². The van der Waals surface area contributed by atoms with Gasteiger partial charge in [-0.15, -0.1) is 0 Å². The Hall–Kier alpha value is -1.74. The zero-order chi connectivity index (χ0) is 14.4. The molecule has 3 nitrogen and oxygen atoms in total. The molecule has 0 aliphatic rings. The molecule has 0 radical (unpaired) electrons. The Bertz CT molecular complexity index is 505. The van der Waals surface area contributed by atoms with Gasteiger partial charge in [0.1, 0.15) is 17.6 Å². The van der Waals surface area contributed by atoms with E-state index < -0.39 is 0 Å². The van der Waals surface area contributed by atoms with Crippen LogP contribution in [0.15, 0.2) is 47.1 Å². The number of hydrogen-bond donors (Lipinski definition) is 1. The number of nitrogens with one attached hydrogen (secondary N) is 1. The lowest BCUT2D eigenvalue weighted by Crippen LogP contribution is -2.28. The van der Waals surface area contributed by atoms with Gasteiger partial charge >= 0.3 is 0 Å². The maximum Gasteiger partial charge on any atom is 0.120 e. The molecule has 1 aromatic carbocycles. The third-order valence-electron chi connectivity index (χ3n) is 3.17. The molecular weight excluding hydrogens is 250 g/mol. The summed E-state index contributed by atoms with van der Waals surface area (Å²) in [5, 5.41) is 3.33. The molecule has 1 heterocycles. The highest BCUT2D eigenvalue weighted by atomic mass is 16.5. The number of rotatable bonds is 7. The minimum atomic E-state index is 0.118. The molecule has 0 bridgehead atoms.